The van der Waals surface area contributed by atoms with Crippen molar-refractivity contribution in [3.8, 4) is 0 Å². The molecule has 4 heteroatoms. The zero-order valence-electron chi connectivity index (χ0n) is 9.57. The van der Waals surface area contributed by atoms with Gasteiger partial charge in [-0.15, -0.1) is 0 Å². The molecule has 1 aliphatic carbocycles. The van der Waals surface area contributed by atoms with E-state index in [1.807, 2.05) is 0 Å². The predicted molar refractivity (Wildman–Crippen MR) is 61.0 cm³/mol. The van der Waals surface area contributed by atoms with Gasteiger partial charge in [0.1, 0.15) is 6.10 Å². The van der Waals surface area contributed by atoms with Gasteiger partial charge in [0.2, 0.25) is 0 Å². The number of rotatable bonds is 3. The Hall–Kier alpha value is -1.58. The first-order valence-electron chi connectivity index (χ1n) is 5.19. The van der Waals surface area contributed by atoms with Crippen molar-refractivity contribution in [3.63, 3.8) is 0 Å². The second-order valence-corrected chi connectivity index (χ2v) is 3.63. The van der Waals surface area contributed by atoms with E-state index in [9.17, 15) is 9.59 Å². The molecule has 0 aliphatic heterocycles. The molecule has 1 fully saturated rings. The van der Waals surface area contributed by atoms with Crippen LogP contribution in [0, 0.1) is 0 Å². The molecule has 0 radical (unpaired) electrons. The van der Waals surface area contributed by atoms with Gasteiger partial charge in [-0.25, -0.2) is 9.59 Å². The van der Waals surface area contributed by atoms with E-state index in [0.29, 0.717) is 5.57 Å². The Morgan fingerprint density at radius 3 is 2.12 bits per heavy atom. The Labute approximate surface area is 95.6 Å². The maximum atomic E-state index is 11.0. The van der Waals surface area contributed by atoms with E-state index in [1.54, 1.807) is 6.92 Å². The quantitative estimate of drug-likeness (QED) is 0.592. The molecular weight excluding hydrogens is 208 g/mol. The highest BCUT2D eigenvalue weighted by atomic mass is 16.5. The summed E-state index contributed by atoms with van der Waals surface area (Å²) in [5, 5.41) is 7.60. The molecule has 0 aromatic carbocycles. The van der Waals surface area contributed by atoms with Crippen LogP contribution in [0.4, 0.5) is 0 Å². The molecule has 0 amide bonds. The number of carboxylic acid groups (broad SMARTS) is 1. The fourth-order valence-corrected chi connectivity index (χ4v) is 1.26. The summed E-state index contributed by atoms with van der Waals surface area (Å²) in [6.07, 6.45) is 5.43. The van der Waals surface area contributed by atoms with Gasteiger partial charge in [0.25, 0.3) is 0 Å². The largest absolute Gasteiger partial charge is 0.478 e. The minimum Gasteiger partial charge on any atom is -0.478 e. The lowest BCUT2D eigenvalue weighted by molar-refractivity contribution is -0.143. The molecule has 1 rings (SSSR count). The fourth-order valence-electron chi connectivity index (χ4n) is 1.26. The van der Waals surface area contributed by atoms with Gasteiger partial charge in [-0.1, -0.05) is 13.2 Å². The molecule has 1 N–H and O–H groups in total. The van der Waals surface area contributed by atoms with Crippen molar-refractivity contribution in [3.05, 3.63) is 24.8 Å². The molecule has 16 heavy (non-hydrogen) atoms. The number of carboxylic acids is 1. The molecule has 0 saturated heterocycles. The Morgan fingerprint density at radius 2 is 1.81 bits per heavy atom. The lowest BCUT2D eigenvalue weighted by Crippen LogP contribution is -2.14. The lowest BCUT2D eigenvalue weighted by atomic mass is 10.3. The summed E-state index contributed by atoms with van der Waals surface area (Å²) >= 11 is 0. The van der Waals surface area contributed by atoms with Crippen LogP contribution in [0.25, 0.3) is 0 Å². The van der Waals surface area contributed by atoms with E-state index in [1.165, 1.54) is 12.8 Å². The molecule has 0 atom stereocenters. The van der Waals surface area contributed by atoms with Crippen LogP contribution in [0.3, 0.4) is 0 Å². The number of ether oxygens (including phenoxy) is 1. The molecular formula is C12H18O4. The summed E-state index contributed by atoms with van der Waals surface area (Å²) in [6.45, 7) is 8.16. The van der Waals surface area contributed by atoms with E-state index in [-0.39, 0.29) is 12.1 Å². The third-order valence-corrected chi connectivity index (χ3v) is 2.10. The van der Waals surface area contributed by atoms with Gasteiger partial charge in [-0.05, 0) is 32.6 Å². The summed E-state index contributed by atoms with van der Waals surface area (Å²) in [4.78, 5) is 20.2. The minimum atomic E-state index is -0.981. The monoisotopic (exact) mass is 226 g/mol. The second kappa shape index (κ2) is 7.68. The molecule has 1 aliphatic rings. The highest BCUT2D eigenvalue weighted by Gasteiger charge is 2.18. The van der Waals surface area contributed by atoms with E-state index >= 15 is 0 Å². The smallest absolute Gasteiger partial charge is 0.333 e. The van der Waals surface area contributed by atoms with Crippen LogP contribution in [0.5, 0.6) is 0 Å². The Morgan fingerprint density at radius 1 is 1.38 bits per heavy atom. The first-order valence-corrected chi connectivity index (χ1v) is 5.19. The molecule has 90 valence electrons. The number of esters is 1. The van der Waals surface area contributed by atoms with E-state index < -0.39 is 5.97 Å². The maximum absolute atomic E-state index is 11.0. The fraction of sp³-hybridized carbons (Fsp3) is 0.500. The average molecular weight is 226 g/mol. The molecule has 1 saturated carbocycles. The van der Waals surface area contributed by atoms with Crippen molar-refractivity contribution >= 4 is 11.9 Å². The molecule has 0 aromatic rings. The maximum Gasteiger partial charge on any atom is 0.333 e. The summed E-state index contributed by atoms with van der Waals surface area (Å²) in [7, 11) is 0. The van der Waals surface area contributed by atoms with Gasteiger partial charge >= 0.3 is 11.9 Å². The first-order chi connectivity index (χ1) is 7.47. The van der Waals surface area contributed by atoms with Gasteiger partial charge in [0.15, 0.2) is 0 Å². The number of carbonyl (C=O) groups is 2. The molecule has 0 bridgehead atoms. The number of aliphatic carboxylic acids is 1. The Balaban J connectivity index is 0.000000385. The van der Waals surface area contributed by atoms with Crippen LogP contribution in [-0.4, -0.2) is 23.1 Å². The second-order valence-electron chi connectivity index (χ2n) is 3.63. The van der Waals surface area contributed by atoms with Gasteiger partial charge in [0, 0.05) is 11.6 Å². The predicted octanol–water partition coefficient (Wildman–Crippen LogP) is 2.31. The van der Waals surface area contributed by atoms with Gasteiger partial charge < -0.3 is 9.84 Å². The summed E-state index contributed by atoms with van der Waals surface area (Å²) in [5.74, 6) is -1.22. The van der Waals surface area contributed by atoms with Crippen LogP contribution in [-0.2, 0) is 14.3 Å². The third kappa shape index (κ3) is 6.81. The lowest BCUT2D eigenvalue weighted by Gasteiger charge is -2.10. The van der Waals surface area contributed by atoms with E-state index in [4.69, 9.17) is 9.84 Å². The minimum absolute atomic E-state index is 0.166. The van der Waals surface area contributed by atoms with Crippen molar-refractivity contribution in [2.24, 2.45) is 0 Å². The number of hydrogen-bond donors (Lipinski definition) is 1. The van der Waals surface area contributed by atoms with Crippen molar-refractivity contribution < 1.29 is 19.4 Å². The highest BCUT2D eigenvalue weighted by molar-refractivity contribution is 5.87. The normalized spacial score (nSPS) is 14.6. The topological polar surface area (TPSA) is 63.6 Å². The summed E-state index contributed by atoms with van der Waals surface area (Å²) in [5.41, 5.74) is 0.497. The van der Waals surface area contributed by atoms with Crippen LogP contribution in [0.2, 0.25) is 0 Å². The van der Waals surface area contributed by atoms with Crippen molar-refractivity contribution in [1.29, 1.82) is 0 Å². The standard InChI is InChI=1S/C9H14O2.C3H4O2/c1-7(2)9(10)11-8-5-3-4-6-8;1-2-3(4)5/h8H,1,3-6H2,2H3;2H,1H2,(H,4,5). The van der Waals surface area contributed by atoms with E-state index in [2.05, 4.69) is 13.2 Å². The van der Waals surface area contributed by atoms with Crippen molar-refractivity contribution in [2.45, 2.75) is 38.7 Å². The first kappa shape index (κ1) is 14.4. The van der Waals surface area contributed by atoms with Crippen LogP contribution >= 0.6 is 0 Å². The van der Waals surface area contributed by atoms with Crippen molar-refractivity contribution in [1.82, 2.24) is 0 Å². The van der Waals surface area contributed by atoms with E-state index in [0.717, 1.165) is 18.9 Å². The van der Waals surface area contributed by atoms with Gasteiger partial charge in [-0.3, -0.25) is 0 Å². The zero-order valence-corrected chi connectivity index (χ0v) is 9.57. The third-order valence-electron chi connectivity index (χ3n) is 2.10. The van der Waals surface area contributed by atoms with Gasteiger partial charge in [0.05, 0.1) is 0 Å². The van der Waals surface area contributed by atoms with Crippen LogP contribution in [0.15, 0.2) is 24.8 Å². The van der Waals surface area contributed by atoms with Crippen molar-refractivity contribution in [2.75, 3.05) is 0 Å². The molecule has 0 aromatic heterocycles. The molecule has 0 heterocycles. The average Bonchev–Trinajstić information content (AvgIpc) is 2.71. The zero-order chi connectivity index (χ0) is 12.6. The number of carbonyl (C=O) groups excluding carboxylic acids is 1. The highest BCUT2D eigenvalue weighted by Crippen LogP contribution is 2.21. The molecule has 0 unspecified atom stereocenters. The SMILES string of the molecule is C=C(C)C(=O)OC1CCCC1.C=CC(=O)O. The van der Waals surface area contributed by atoms with Crippen LogP contribution in [0.1, 0.15) is 32.6 Å². The Kier molecular flexibility index (Phi) is 6.92. The number of hydrogen-bond acceptors (Lipinski definition) is 3. The molecule has 0 spiro atoms. The summed E-state index contributed by atoms with van der Waals surface area (Å²) in [6, 6.07) is 0. The summed E-state index contributed by atoms with van der Waals surface area (Å²) < 4.78 is 5.13. The van der Waals surface area contributed by atoms with Crippen LogP contribution < -0.4 is 0 Å². The Bertz CT molecular complexity index is 275. The van der Waals surface area contributed by atoms with Gasteiger partial charge in [-0.2, -0.15) is 0 Å². The molecule has 4 nitrogen and oxygen atoms in total.